The van der Waals surface area contributed by atoms with E-state index in [1.807, 2.05) is 35.8 Å². The molecule has 3 aromatic heterocycles. The maximum absolute atomic E-state index is 6.20. The quantitative estimate of drug-likeness (QED) is 0.310. The largest absolute Gasteiger partial charge is 0.469 e. The lowest BCUT2D eigenvalue weighted by Gasteiger charge is -2.06. The average molecular weight is 414 g/mol. The predicted molar refractivity (Wildman–Crippen MR) is 107 cm³/mol. The molecule has 9 heteroatoms. The van der Waals surface area contributed by atoms with E-state index in [9.17, 15) is 0 Å². The Balaban J connectivity index is 1.54. The number of rotatable bonds is 7. The third kappa shape index (κ3) is 3.61. The lowest BCUT2D eigenvalue weighted by atomic mass is 10.2. The molecule has 0 radical (unpaired) electrons. The van der Waals surface area contributed by atoms with Crippen LogP contribution in [0.1, 0.15) is 11.7 Å². The molecule has 0 bridgehead atoms. The van der Waals surface area contributed by atoms with Crippen molar-refractivity contribution >= 4 is 23.4 Å². The van der Waals surface area contributed by atoms with Crippen molar-refractivity contribution in [1.29, 1.82) is 0 Å². The minimum Gasteiger partial charge on any atom is -0.469 e. The van der Waals surface area contributed by atoms with Gasteiger partial charge in [0.25, 0.3) is 0 Å². The Hall–Kier alpha value is -2.84. The Morgan fingerprint density at radius 1 is 1.21 bits per heavy atom. The molecule has 0 aliphatic heterocycles. The molecule has 4 rings (SSSR count). The molecule has 0 saturated carbocycles. The van der Waals surface area contributed by atoms with E-state index >= 15 is 0 Å². The van der Waals surface area contributed by atoms with Crippen LogP contribution >= 0.6 is 23.4 Å². The fourth-order valence-corrected chi connectivity index (χ4v) is 3.70. The van der Waals surface area contributed by atoms with Gasteiger partial charge in [-0.15, -0.1) is 16.8 Å². The van der Waals surface area contributed by atoms with E-state index in [-0.39, 0.29) is 0 Å². The standard InChI is InChI=1S/C19H16ClN5O2S/c1-3-9-25-18(13-8-10-26-12(13)2)22-23-19(25)28-11-16-21-17(24-27-16)14-6-4-5-7-15(14)20/h3-8,10H,1,9,11H2,2H3. The van der Waals surface area contributed by atoms with Crippen LogP contribution in [0, 0.1) is 6.92 Å². The van der Waals surface area contributed by atoms with Crippen molar-refractivity contribution in [3.63, 3.8) is 0 Å². The molecule has 3 heterocycles. The molecule has 7 nitrogen and oxygen atoms in total. The van der Waals surface area contributed by atoms with Crippen molar-refractivity contribution in [1.82, 2.24) is 24.9 Å². The second kappa shape index (κ2) is 8.04. The fourth-order valence-electron chi connectivity index (χ4n) is 2.70. The number of aryl methyl sites for hydroxylation is 1. The lowest BCUT2D eigenvalue weighted by molar-refractivity contribution is 0.391. The first-order valence-corrected chi connectivity index (χ1v) is 9.82. The smallest absolute Gasteiger partial charge is 0.237 e. The van der Waals surface area contributed by atoms with Crippen LogP contribution in [0.15, 0.2) is 63.3 Å². The molecule has 0 fully saturated rings. The van der Waals surface area contributed by atoms with Crippen LogP contribution in [0.3, 0.4) is 0 Å². The summed E-state index contributed by atoms with van der Waals surface area (Å²) >= 11 is 7.65. The van der Waals surface area contributed by atoms with Crippen molar-refractivity contribution in [2.75, 3.05) is 0 Å². The summed E-state index contributed by atoms with van der Waals surface area (Å²) in [5.74, 6) is 2.92. The Morgan fingerprint density at radius 2 is 2.07 bits per heavy atom. The lowest BCUT2D eigenvalue weighted by Crippen LogP contribution is -2.00. The van der Waals surface area contributed by atoms with E-state index in [0.717, 1.165) is 27.9 Å². The third-order valence-electron chi connectivity index (χ3n) is 4.04. The highest BCUT2D eigenvalue weighted by Gasteiger charge is 2.18. The van der Waals surface area contributed by atoms with E-state index in [4.69, 9.17) is 20.5 Å². The Kier molecular flexibility index (Phi) is 5.31. The van der Waals surface area contributed by atoms with Gasteiger partial charge in [-0.25, -0.2) is 0 Å². The summed E-state index contributed by atoms with van der Waals surface area (Å²) in [6, 6.07) is 9.25. The molecule has 142 valence electrons. The van der Waals surface area contributed by atoms with Gasteiger partial charge in [0, 0.05) is 12.1 Å². The second-order valence-corrected chi connectivity index (χ2v) is 7.23. The molecule has 0 unspecified atom stereocenters. The fraction of sp³-hybridized carbons (Fsp3) is 0.158. The topological polar surface area (TPSA) is 82.8 Å². The van der Waals surface area contributed by atoms with Crippen molar-refractivity contribution < 1.29 is 8.94 Å². The molecule has 0 atom stereocenters. The van der Waals surface area contributed by atoms with Crippen LogP contribution in [0.4, 0.5) is 0 Å². The van der Waals surface area contributed by atoms with E-state index in [1.165, 1.54) is 11.8 Å². The van der Waals surface area contributed by atoms with E-state index < -0.39 is 0 Å². The van der Waals surface area contributed by atoms with Gasteiger partial charge in [-0.1, -0.05) is 46.7 Å². The third-order valence-corrected chi connectivity index (χ3v) is 5.32. The molecule has 1 aromatic carbocycles. The number of aromatic nitrogens is 5. The van der Waals surface area contributed by atoms with Gasteiger partial charge in [0.1, 0.15) is 5.76 Å². The van der Waals surface area contributed by atoms with E-state index in [2.05, 4.69) is 26.9 Å². The second-order valence-electron chi connectivity index (χ2n) is 5.88. The van der Waals surface area contributed by atoms with Crippen molar-refractivity contribution in [2.24, 2.45) is 0 Å². The SMILES string of the molecule is C=CCn1c(SCc2nc(-c3ccccc3Cl)no2)nnc1-c1ccoc1C. The highest BCUT2D eigenvalue weighted by molar-refractivity contribution is 7.98. The van der Waals surface area contributed by atoms with Crippen LogP contribution < -0.4 is 0 Å². The summed E-state index contributed by atoms with van der Waals surface area (Å²) in [6.45, 7) is 6.29. The normalized spacial score (nSPS) is 11.1. The zero-order valence-electron chi connectivity index (χ0n) is 15.0. The van der Waals surface area contributed by atoms with Gasteiger partial charge in [0.2, 0.25) is 11.7 Å². The van der Waals surface area contributed by atoms with Gasteiger partial charge in [-0.3, -0.25) is 4.57 Å². The highest BCUT2D eigenvalue weighted by Crippen LogP contribution is 2.30. The Morgan fingerprint density at radius 3 is 2.82 bits per heavy atom. The van der Waals surface area contributed by atoms with Gasteiger partial charge >= 0.3 is 0 Å². The summed E-state index contributed by atoms with van der Waals surface area (Å²) in [5, 5.41) is 13.9. The number of furan rings is 1. The van der Waals surface area contributed by atoms with Crippen LogP contribution in [0.2, 0.25) is 5.02 Å². The van der Waals surface area contributed by atoms with E-state index in [1.54, 1.807) is 18.4 Å². The number of benzene rings is 1. The van der Waals surface area contributed by atoms with Gasteiger partial charge in [-0.05, 0) is 25.1 Å². The van der Waals surface area contributed by atoms with Gasteiger partial charge in [0.05, 0.1) is 22.6 Å². The van der Waals surface area contributed by atoms with Crippen LogP contribution in [-0.2, 0) is 12.3 Å². The minimum absolute atomic E-state index is 0.455. The molecule has 0 spiro atoms. The van der Waals surface area contributed by atoms with E-state index in [0.29, 0.717) is 29.0 Å². The van der Waals surface area contributed by atoms with Gasteiger partial charge < -0.3 is 8.94 Å². The molecule has 0 saturated heterocycles. The number of halogens is 1. The predicted octanol–water partition coefficient (Wildman–Crippen LogP) is 5.03. The van der Waals surface area contributed by atoms with Crippen LogP contribution in [0.25, 0.3) is 22.8 Å². The molecule has 4 aromatic rings. The number of hydrogen-bond acceptors (Lipinski definition) is 7. The molecule has 0 aliphatic carbocycles. The summed E-state index contributed by atoms with van der Waals surface area (Å²) in [6.07, 6.45) is 3.44. The number of nitrogens with zero attached hydrogens (tertiary/aromatic N) is 5. The maximum atomic E-state index is 6.20. The first-order chi connectivity index (χ1) is 13.7. The number of allylic oxidation sites excluding steroid dienone is 1. The van der Waals surface area contributed by atoms with Gasteiger partial charge in [0.15, 0.2) is 11.0 Å². The van der Waals surface area contributed by atoms with Crippen LogP contribution in [0.5, 0.6) is 0 Å². The molecule has 0 N–H and O–H groups in total. The first kappa shape index (κ1) is 18.5. The average Bonchev–Trinajstić information content (AvgIpc) is 3.41. The Bertz CT molecular complexity index is 1120. The Labute approximate surface area is 170 Å². The monoisotopic (exact) mass is 413 g/mol. The van der Waals surface area contributed by atoms with Crippen molar-refractivity contribution in [3.8, 4) is 22.8 Å². The summed E-state index contributed by atoms with van der Waals surface area (Å²) in [7, 11) is 0. The maximum Gasteiger partial charge on any atom is 0.237 e. The molecule has 28 heavy (non-hydrogen) atoms. The van der Waals surface area contributed by atoms with Crippen molar-refractivity contribution in [3.05, 3.63) is 65.9 Å². The number of thioether (sulfide) groups is 1. The highest BCUT2D eigenvalue weighted by atomic mass is 35.5. The van der Waals surface area contributed by atoms with Gasteiger partial charge in [-0.2, -0.15) is 4.98 Å². The van der Waals surface area contributed by atoms with Crippen LogP contribution in [-0.4, -0.2) is 24.9 Å². The van der Waals surface area contributed by atoms with Crippen molar-refractivity contribution in [2.45, 2.75) is 24.4 Å². The molecular formula is C19H16ClN5O2S. The zero-order chi connectivity index (χ0) is 19.5. The summed E-state index contributed by atoms with van der Waals surface area (Å²) < 4.78 is 12.7. The molecule has 0 aliphatic rings. The first-order valence-electron chi connectivity index (χ1n) is 8.46. The molecular weight excluding hydrogens is 398 g/mol. The summed E-state index contributed by atoms with van der Waals surface area (Å²) in [5.41, 5.74) is 1.64. The molecule has 0 amide bonds. The minimum atomic E-state index is 0.455. The zero-order valence-corrected chi connectivity index (χ0v) is 16.6. The number of hydrogen-bond donors (Lipinski definition) is 0. The summed E-state index contributed by atoms with van der Waals surface area (Å²) in [4.78, 5) is 4.43.